The molecule has 0 aliphatic rings. The summed E-state index contributed by atoms with van der Waals surface area (Å²) in [6, 6.07) is 3.48. The van der Waals surface area contributed by atoms with E-state index < -0.39 is 0 Å². The van der Waals surface area contributed by atoms with Gasteiger partial charge >= 0.3 is 0 Å². The maximum Gasteiger partial charge on any atom is 0.244 e. The molecule has 0 fully saturated rings. The third-order valence-corrected chi connectivity index (χ3v) is 2.55. The minimum absolute atomic E-state index is 0.229. The number of hydrogen-bond acceptors (Lipinski definition) is 3. The lowest BCUT2D eigenvalue weighted by molar-refractivity contribution is -0.116. The molecule has 0 saturated heterocycles. The van der Waals surface area contributed by atoms with Crippen molar-refractivity contribution in [3.05, 3.63) is 60.7 Å². The van der Waals surface area contributed by atoms with Crippen molar-refractivity contribution in [3.8, 4) is 0 Å². The zero-order valence-electron chi connectivity index (χ0n) is 10.1. The summed E-state index contributed by atoms with van der Waals surface area (Å²) >= 11 is 0. The van der Waals surface area contributed by atoms with Crippen molar-refractivity contribution in [1.82, 2.24) is 20.1 Å². The number of nitrogens with one attached hydrogen (secondary N) is 1. The molecule has 0 saturated carbocycles. The predicted molar refractivity (Wildman–Crippen MR) is 67.6 cm³/mol. The molecule has 1 amide bonds. The van der Waals surface area contributed by atoms with Gasteiger partial charge in [0.1, 0.15) is 0 Å². The fraction of sp³-hybridized carbons (Fsp3) is 0.154. The molecular formula is C13H14N4O. The second-order valence-corrected chi connectivity index (χ2v) is 3.88. The average Bonchev–Trinajstić information content (AvgIpc) is 2.83. The first-order chi connectivity index (χ1) is 8.70. The van der Waals surface area contributed by atoms with Crippen LogP contribution in [0.4, 0.5) is 0 Å². The van der Waals surface area contributed by atoms with Crippen molar-refractivity contribution in [3.63, 3.8) is 0 Å². The number of nitrogens with zero attached hydrogens (tertiary/aromatic N) is 3. The third-order valence-electron chi connectivity index (χ3n) is 2.55. The minimum Gasteiger partial charge on any atom is -0.341 e. The molecule has 0 aliphatic heterocycles. The van der Waals surface area contributed by atoms with Crippen molar-refractivity contribution < 1.29 is 4.79 Å². The van der Waals surface area contributed by atoms with Gasteiger partial charge in [0.05, 0.1) is 12.2 Å². The van der Waals surface area contributed by atoms with Crippen LogP contribution in [-0.2, 0) is 11.8 Å². The Labute approximate surface area is 105 Å². The first-order valence-corrected chi connectivity index (χ1v) is 5.52. The van der Waals surface area contributed by atoms with Gasteiger partial charge in [0.25, 0.3) is 0 Å². The summed E-state index contributed by atoms with van der Waals surface area (Å²) in [5.74, 6) is -0.229. The van der Waals surface area contributed by atoms with Crippen molar-refractivity contribution in [2.75, 3.05) is 0 Å². The van der Waals surface area contributed by atoms with Crippen LogP contribution < -0.4 is 5.32 Å². The summed E-state index contributed by atoms with van der Waals surface area (Å²) in [6.45, 7) is 3.46. The number of rotatable bonds is 4. The molecule has 0 aliphatic carbocycles. The summed E-state index contributed by atoms with van der Waals surface area (Å²) in [5.41, 5.74) is 1.81. The van der Waals surface area contributed by atoms with E-state index >= 15 is 0 Å². The van der Waals surface area contributed by atoms with E-state index in [2.05, 4.69) is 22.0 Å². The van der Waals surface area contributed by atoms with Crippen LogP contribution in [-0.4, -0.2) is 20.7 Å². The lowest BCUT2D eigenvalue weighted by Gasteiger charge is -2.16. The predicted octanol–water partition coefficient (Wildman–Crippen LogP) is 1.21. The Morgan fingerprint density at radius 1 is 1.50 bits per heavy atom. The molecule has 0 bridgehead atoms. The Balaban J connectivity index is 2.34. The SMILES string of the molecule is C=CC(=O)NC(c1cccnc1)c1cnn(C)c1. The topological polar surface area (TPSA) is 59.8 Å². The summed E-state index contributed by atoms with van der Waals surface area (Å²) in [5, 5.41) is 6.98. The van der Waals surface area contributed by atoms with Gasteiger partial charge in [0.15, 0.2) is 0 Å². The summed E-state index contributed by atoms with van der Waals surface area (Å²) in [7, 11) is 1.83. The highest BCUT2D eigenvalue weighted by Crippen LogP contribution is 2.20. The van der Waals surface area contributed by atoms with E-state index in [9.17, 15) is 4.79 Å². The Hall–Kier alpha value is -2.43. The molecule has 0 aromatic carbocycles. The molecule has 1 unspecified atom stereocenters. The van der Waals surface area contributed by atoms with Gasteiger partial charge in [-0.05, 0) is 17.7 Å². The molecule has 92 valence electrons. The maximum absolute atomic E-state index is 11.5. The van der Waals surface area contributed by atoms with Gasteiger partial charge in [-0.3, -0.25) is 14.5 Å². The molecular weight excluding hydrogens is 228 g/mol. The van der Waals surface area contributed by atoms with E-state index in [1.165, 1.54) is 6.08 Å². The van der Waals surface area contributed by atoms with E-state index in [1.807, 2.05) is 25.4 Å². The fourth-order valence-corrected chi connectivity index (χ4v) is 1.70. The molecule has 1 atom stereocenters. The fourth-order valence-electron chi connectivity index (χ4n) is 1.70. The first-order valence-electron chi connectivity index (χ1n) is 5.52. The Morgan fingerprint density at radius 2 is 2.33 bits per heavy atom. The van der Waals surface area contributed by atoms with Crippen LogP contribution in [0.15, 0.2) is 49.6 Å². The molecule has 2 rings (SSSR count). The number of pyridine rings is 1. The highest BCUT2D eigenvalue weighted by atomic mass is 16.1. The zero-order chi connectivity index (χ0) is 13.0. The molecule has 18 heavy (non-hydrogen) atoms. The van der Waals surface area contributed by atoms with Crippen LogP contribution >= 0.6 is 0 Å². The van der Waals surface area contributed by atoms with E-state index in [0.29, 0.717) is 0 Å². The lowest BCUT2D eigenvalue weighted by Crippen LogP contribution is -2.27. The van der Waals surface area contributed by atoms with E-state index in [1.54, 1.807) is 23.3 Å². The number of carbonyl (C=O) groups excluding carboxylic acids is 1. The van der Waals surface area contributed by atoms with Crippen LogP contribution in [0.3, 0.4) is 0 Å². The monoisotopic (exact) mass is 242 g/mol. The zero-order valence-corrected chi connectivity index (χ0v) is 10.1. The second kappa shape index (κ2) is 5.27. The Morgan fingerprint density at radius 3 is 2.89 bits per heavy atom. The summed E-state index contributed by atoms with van der Waals surface area (Å²) < 4.78 is 1.69. The molecule has 2 aromatic rings. The van der Waals surface area contributed by atoms with Crippen molar-refractivity contribution in [1.29, 1.82) is 0 Å². The van der Waals surface area contributed by atoms with Gasteiger partial charge in [-0.1, -0.05) is 12.6 Å². The Bertz CT molecular complexity index is 547. The van der Waals surface area contributed by atoms with Gasteiger partial charge in [-0.2, -0.15) is 5.10 Å². The number of aromatic nitrogens is 3. The van der Waals surface area contributed by atoms with Crippen molar-refractivity contribution in [2.45, 2.75) is 6.04 Å². The van der Waals surface area contributed by atoms with Gasteiger partial charge in [-0.15, -0.1) is 0 Å². The highest BCUT2D eigenvalue weighted by molar-refractivity contribution is 5.87. The summed E-state index contributed by atoms with van der Waals surface area (Å²) in [6.07, 6.45) is 8.25. The molecule has 2 aromatic heterocycles. The third kappa shape index (κ3) is 2.63. The van der Waals surface area contributed by atoms with Gasteiger partial charge < -0.3 is 5.32 Å². The van der Waals surface area contributed by atoms with Crippen LogP contribution in [0.2, 0.25) is 0 Å². The van der Waals surface area contributed by atoms with E-state index in [4.69, 9.17) is 0 Å². The van der Waals surface area contributed by atoms with Crippen LogP contribution in [0, 0.1) is 0 Å². The molecule has 5 heteroatoms. The highest BCUT2D eigenvalue weighted by Gasteiger charge is 2.17. The second-order valence-electron chi connectivity index (χ2n) is 3.88. The minimum atomic E-state index is -0.266. The molecule has 1 N–H and O–H groups in total. The largest absolute Gasteiger partial charge is 0.341 e. The van der Waals surface area contributed by atoms with Gasteiger partial charge in [0.2, 0.25) is 5.91 Å². The number of hydrogen-bond donors (Lipinski definition) is 1. The van der Waals surface area contributed by atoms with Crippen LogP contribution in [0.25, 0.3) is 0 Å². The number of amides is 1. The van der Waals surface area contributed by atoms with Crippen LogP contribution in [0.5, 0.6) is 0 Å². The molecule has 0 radical (unpaired) electrons. The lowest BCUT2D eigenvalue weighted by atomic mass is 10.0. The van der Waals surface area contributed by atoms with Gasteiger partial charge in [-0.25, -0.2) is 0 Å². The smallest absolute Gasteiger partial charge is 0.244 e. The molecule has 2 heterocycles. The maximum atomic E-state index is 11.5. The first kappa shape index (κ1) is 12.0. The normalized spacial score (nSPS) is 11.8. The molecule has 5 nitrogen and oxygen atoms in total. The Kier molecular flexibility index (Phi) is 3.52. The summed E-state index contributed by atoms with van der Waals surface area (Å²) in [4.78, 5) is 15.6. The van der Waals surface area contributed by atoms with Crippen molar-refractivity contribution in [2.24, 2.45) is 7.05 Å². The number of carbonyl (C=O) groups is 1. The van der Waals surface area contributed by atoms with E-state index in [0.717, 1.165) is 11.1 Å². The quantitative estimate of drug-likeness (QED) is 0.820. The number of aryl methyl sites for hydroxylation is 1. The average molecular weight is 242 g/mol. The van der Waals surface area contributed by atoms with Crippen LogP contribution in [0.1, 0.15) is 17.2 Å². The molecule has 0 spiro atoms. The van der Waals surface area contributed by atoms with Gasteiger partial charge in [0, 0.05) is 31.2 Å². The van der Waals surface area contributed by atoms with Crippen molar-refractivity contribution >= 4 is 5.91 Å². The van der Waals surface area contributed by atoms with E-state index in [-0.39, 0.29) is 11.9 Å². The standard InChI is InChI=1S/C13H14N4O/c1-3-12(18)16-13(10-5-4-6-14-7-10)11-8-15-17(2)9-11/h3-9,13H,1H2,2H3,(H,16,18).